The van der Waals surface area contributed by atoms with Gasteiger partial charge in [0.25, 0.3) is 0 Å². The molecule has 0 spiro atoms. The van der Waals surface area contributed by atoms with Crippen LogP contribution in [0, 0.1) is 24.7 Å². The summed E-state index contributed by atoms with van der Waals surface area (Å²) < 4.78 is 6.11. The van der Waals surface area contributed by atoms with Gasteiger partial charge in [-0.05, 0) is 56.7 Å². The Balaban J connectivity index is 1.23. The van der Waals surface area contributed by atoms with Gasteiger partial charge in [-0.2, -0.15) is 4.98 Å². The highest BCUT2D eigenvalue weighted by molar-refractivity contribution is 6.35. The van der Waals surface area contributed by atoms with Crippen LogP contribution in [0.15, 0.2) is 18.2 Å². The number of benzene rings is 1. The van der Waals surface area contributed by atoms with Crippen LogP contribution in [-0.2, 0) is 4.79 Å². The van der Waals surface area contributed by atoms with Gasteiger partial charge in [-0.15, -0.1) is 0 Å². The van der Waals surface area contributed by atoms with Crippen LogP contribution in [-0.4, -0.2) is 58.2 Å². The Morgan fingerprint density at radius 2 is 2.03 bits per heavy atom. The molecule has 0 amide bonds. The van der Waals surface area contributed by atoms with E-state index >= 15 is 0 Å². The van der Waals surface area contributed by atoms with E-state index in [1.54, 1.807) is 12.1 Å². The maximum absolute atomic E-state index is 10.9. The van der Waals surface area contributed by atoms with Crippen molar-refractivity contribution in [3.05, 3.63) is 44.5 Å². The number of ether oxygens (including phenoxy) is 1. The van der Waals surface area contributed by atoms with Crippen molar-refractivity contribution in [2.75, 3.05) is 31.1 Å². The van der Waals surface area contributed by atoms with Crippen LogP contribution in [0.3, 0.4) is 0 Å². The molecule has 1 aromatic heterocycles. The van der Waals surface area contributed by atoms with Crippen LogP contribution in [0.2, 0.25) is 15.1 Å². The van der Waals surface area contributed by atoms with E-state index in [0.29, 0.717) is 62.9 Å². The van der Waals surface area contributed by atoms with E-state index in [0.717, 1.165) is 25.2 Å². The van der Waals surface area contributed by atoms with Crippen molar-refractivity contribution in [2.45, 2.75) is 38.8 Å². The fraction of sp³-hybridized carbons (Fsp3) is 0.542. The third kappa shape index (κ3) is 4.55. The number of aliphatic carboxylic acids is 1. The topological polar surface area (TPSA) is 78.8 Å². The number of hydrogen-bond donors (Lipinski definition) is 1. The average Bonchev–Trinajstić information content (AvgIpc) is 3.27. The lowest BCUT2D eigenvalue weighted by Gasteiger charge is -2.41. The Kier molecular flexibility index (Phi) is 6.57. The van der Waals surface area contributed by atoms with Crippen LogP contribution in [0.5, 0.6) is 5.88 Å². The highest BCUT2D eigenvalue weighted by Crippen LogP contribution is 2.56. The van der Waals surface area contributed by atoms with Gasteiger partial charge in [0.1, 0.15) is 11.1 Å². The number of rotatable bonds is 8. The second-order valence-corrected chi connectivity index (χ2v) is 10.7. The van der Waals surface area contributed by atoms with Crippen molar-refractivity contribution in [3.8, 4) is 5.88 Å². The van der Waals surface area contributed by atoms with Crippen LogP contribution in [0.25, 0.3) is 0 Å². The summed E-state index contributed by atoms with van der Waals surface area (Å²) >= 11 is 18.8. The molecule has 1 saturated carbocycles. The number of likely N-dealkylation sites (tertiary alicyclic amines) is 1. The number of carboxylic acids is 1. The number of hydrogen-bond acceptors (Lipinski definition) is 6. The summed E-state index contributed by atoms with van der Waals surface area (Å²) in [6.45, 7) is 7.20. The van der Waals surface area contributed by atoms with Crippen molar-refractivity contribution in [2.24, 2.45) is 17.8 Å². The van der Waals surface area contributed by atoms with Crippen molar-refractivity contribution in [1.82, 2.24) is 14.9 Å². The Hall–Kier alpha value is -1.80. The van der Waals surface area contributed by atoms with E-state index in [9.17, 15) is 4.79 Å². The Labute approximate surface area is 214 Å². The average molecular weight is 526 g/mol. The highest BCUT2D eigenvalue weighted by atomic mass is 35.5. The standard InChI is InChI=1S/C24H27Cl3N4O3/c1-12-21(27)23(34-13(2)16-4-3-15(25)9-18(16)26)29-24(28-12)31-10-14(11-31)20-17-5-7-30(22(17)20)8-6-19(32)33/h3-4,9,13-14,17,20,22H,5-8,10-11H2,1-2H3,(H,32,33)/t13-,17?,20+,22?/m1/s1. The molecule has 1 N–H and O–H groups in total. The molecule has 2 aromatic rings. The maximum Gasteiger partial charge on any atom is 0.304 e. The van der Waals surface area contributed by atoms with Crippen LogP contribution >= 0.6 is 34.8 Å². The van der Waals surface area contributed by atoms with Gasteiger partial charge < -0.3 is 14.7 Å². The van der Waals surface area contributed by atoms with Crippen molar-refractivity contribution in [3.63, 3.8) is 0 Å². The molecule has 0 radical (unpaired) electrons. The van der Waals surface area contributed by atoms with E-state index in [4.69, 9.17) is 44.6 Å². The van der Waals surface area contributed by atoms with Gasteiger partial charge in [-0.25, -0.2) is 4.98 Å². The molecule has 5 rings (SSSR count). The van der Waals surface area contributed by atoms with Gasteiger partial charge in [0.2, 0.25) is 11.8 Å². The number of nitrogens with zero attached hydrogens (tertiary/aromatic N) is 4. The third-order valence-electron chi connectivity index (χ3n) is 7.37. The van der Waals surface area contributed by atoms with E-state index in [-0.39, 0.29) is 12.5 Å². The zero-order valence-electron chi connectivity index (χ0n) is 19.0. The molecular formula is C24H27Cl3N4O3. The lowest BCUT2D eigenvalue weighted by molar-refractivity contribution is -0.137. The number of aryl methyl sites for hydroxylation is 1. The van der Waals surface area contributed by atoms with Gasteiger partial charge in [-0.1, -0.05) is 40.9 Å². The Bertz CT molecular complexity index is 1110. The van der Waals surface area contributed by atoms with Gasteiger partial charge >= 0.3 is 5.97 Å². The highest BCUT2D eigenvalue weighted by Gasteiger charge is 2.61. The Morgan fingerprint density at radius 1 is 1.26 bits per heavy atom. The summed E-state index contributed by atoms with van der Waals surface area (Å²) in [5, 5.41) is 10.5. The minimum atomic E-state index is -0.726. The third-order valence-corrected chi connectivity index (χ3v) is 8.37. The monoisotopic (exact) mass is 524 g/mol. The molecule has 3 heterocycles. The summed E-state index contributed by atoms with van der Waals surface area (Å²) in [6.07, 6.45) is 1.02. The summed E-state index contributed by atoms with van der Waals surface area (Å²) in [6, 6.07) is 5.84. The van der Waals surface area contributed by atoms with Gasteiger partial charge in [-0.3, -0.25) is 9.69 Å². The molecule has 0 bridgehead atoms. The largest absolute Gasteiger partial charge is 0.481 e. The SMILES string of the molecule is Cc1nc(N2CC([C@H]3C4CCN(CCC(=O)O)C43)C2)nc(O[C@H](C)c2ccc(Cl)cc2Cl)c1Cl. The molecule has 4 atom stereocenters. The van der Waals surface area contributed by atoms with E-state index in [1.807, 2.05) is 19.9 Å². The lowest BCUT2D eigenvalue weighted by Crippen LogP contribution is -2.50. The number of halogens is 3. The smallest absolute Gasteiger partial charge is 0.304 e. The minimum absolute atomic E-state index is 0.215. The molecule has 2 unspecified atom stereocenters. The first-order chi connectivity index (χ1) is 16.2. The Morgan fingerprint density at radius 3 is 2.74 bits per heavy atom. The molecule has 3 aliphatic rings. The lowest BCUT2D eigenvalue weighted by atomic mass is 9.92. The zero-order chi connectivity index (χ0) is 24.1. The quantitative estimate of drug-likeness (QED) is 0.513. The first kappa shape index (κ1) is 23.9. The van der Waals surface area contributed by atoms with E-state index in [2.05, 4.69) is 19.8 Å². The summed E-state index contributed by atoms with van der Waals surface area (Å²) in [7, 11) is 0. The fourth-order valence-electron chi connectivity index (χ4n) is 5.57. The molecule has 10 heteroatoms. The summed E-state index contributed by atoms with van der Waals surface area (Å²) in [5.41, 5.74) is 1.47. The molecule has 1 aromatic carbocycles. The summed E-state index contributed by atoms with van der Waals surface area (Å²) in [4.78, 5) is 24.7. The molecule has 2 saturated heterocycles. The molecule has 182 valence electrons. The number of anilines is 1. The number of carbonyl (C=O) groups is 1. The van der Waals surface area contributed by atoms with Crippen molar-refractivity contribution < 1.29 is 14.6 Å². The molecule has 7 nitrogen and oxygen atoms in total. The number of fused-ring (bicyclic) bond motifs is 1. The van der Waals surface area contributed by atoms with Crippen molar-refractivity contribution >= 4 is 46.7 Å². The van der Waals surface area contributed by atoms with E-state index < -0.39 is 5.97 Å². The molecule has 34 heavy (non-hydrogen) atoms. The molecule has 2 aliphatic heterocycles. The number of piperidine rings is 1. The van der Waals surface area contributed by atoms with Gasteiger partial charge in [0, 0.05) is 41.3 Å². The molecule has 3 fully saturated rings. The van der Waals surface area contributed by atoms with Gasteiger partial charge in [0.05, 0.1) is 12.1 Å². The fourth-order valence-corrected chi connectivity index (χ4v) is 6.26. The first-order valence-corrected chi connectivity index (χ1v) is 12.7. The first-order valence-electron chi connectivity index (χ1n) is 11.6. The second-order valence-electron chi connectivity index (χ2n) is 9.52. The summed E-state index contributed by atoms with van der Waals surface area (Å²) in [5.74, 6) is 2.17. The normalized spacial score (nSPS) is 25.1. The van der Waals surface area contributed by atoms with Crippen LogP contribution in [0.1, 0.15) is 37.1 Å². The maximum atomic E-state index is 10.9. The second kappa shape index (κ2) is 9.34. The molecule has 1 aliphatic carbocycles. The predicted octanol–water partition coefficient (Wildman–Crippen LogP) is 5.12. The zero-order valence-corrected chi connectivity index (χ0v) is 21.3. The number of aromatic nitrogens is 2. The van der Waals surface area contributed by atoms with Crippen molar-refractivity contribution in [1.29, 1.82) is 0 Å². The van der Waals surface area contributed by atoms with Crippen LogP contribution < -0.4 is 9.64 Å². The number of carboxylic acid groups (broad SMARTS) is 1. The van der Waals surface area contributed by atoms with E-state index in [1.165, 1.54) is 6.42 Å². The van der Waals surface area contributed by atoms with Crippen LogP contribution in [0.4, 0.5) is 5.95 Å². The predicted molar refractivity (Wildman–Crippen MR) is 132 cm³/mol. The minimum Gasteiger partial charge on any atom is -0.481 e. The molecular weight excluding hydrogens is 499 g/mol. The van der Waals surface area contributed by atoms with Gasteiger partial charge in [0.15, 0.2) is 0 Å².